The first-order valence-corrected chi connectivity index (χ1v) is 11.4. The van der Waals surface area contributed by atoms with Crippen LogP contribution in [0.5, 0.6) is 5.75 Å². The predicted octanol–water partition coefficient (Wildman–Crippen LogP) is 6.68. The largest absolute Gasteiger partial charge is 0.493 e. The lowest BCUT2D eigenvalue weighted by Crippen LogP contribution is -2.10. The van der Waals surface area contributed by atoms with Gasteiger partial charge in [0.05, 0.1) is 12.2 Å². The summed E-state index contributed by atoms with van der Waals surface area (Å²) in [6.07, 6.45) is 1.72. The number of anilines is 3. The van der Waals surface area contributed by atoms with Crippen LogP contribution in [-0.4, -0.2) is 21.8 Å². The van der Waals surface area contributed by atoms with E-state index in [1.807, 2.05) is 0 Å². The van der Waals surface area contributed by atoms with E-state index >= 15 is 0 Å². The number of nitrogens with zero attached hydrogens (tertiary/aromatic N) is 3. The second-order valence-corrected chi connectivity index (χ2v) is 8.19. The smallest absolute Gasteiger partial charge is 0.420 e. The molecule has 0 fully saturated rings. The summed E-state index contributed by atoms with van der Waals surface area (Å²) in [5.41, 5.74) is 6.07. The van der Waals surface area contributed by atoms with Crippen molar-refractivity contribution in [2.45, 2.75) is 51.6 Å². The number of hydrogen-bond donors (Lipinski definition) is 2. The molecule has 6 nitrogen and oxygen atoms in total. The van der Waals surface area contributed by atoms with E-state index in [1.165, 1.54) is 23.8 Å². The fourth-order valence-electron chi connectivity index (χ4n) is 3.07. The van der Waals surface area contributed by atoms with Crippen LogP contribution in [0.2, 0.25) is 0 Å². The van der Waals surface area contributed by atoms with Crippen molar-refractivity contribution in [3.8, 4) is 17.1 Å². The summed E-state index contributed by atoms with van der Waals surface area (Å²) in [4.78, 5) is 4.36. The van der Waals surface area contributed by atoms with Crippen LogP contribution in [0.25, 0.3) is 11.4 Å². The molecule has 2 aromatic heterocycles. The minimum atomic E-state index is -4.53. The molecule has 3 rings (SSSR count). The van der Waals surface area contributed by atoms with Crippen molar-refractivity contribution < 1.29 is 17.9 Å². The number of halogens is 3. The Morgan fingerprint density at radius 1 is 1.00 bits per heavy atom. The minimum Gasteiger partial charge on any atom is -0.493 e. The second-order valence-electron chi connectivity index (χ2n) is 7.33. The highest BCUT2D eigenvalue weighted by molar-refractivity contribution is 7.14. The number of nitrogens with two attached hydrogens (primary N) is 1. The molecule has 0 bridgehead atoms. The van der Waals surface area contributed by atoms with E-state index in [0.717, 1.165) is 38.2 Å². The molecule has 3 N–H and O–H groups in total. The molecule has 10 heteroatoms. The first-order valence-electron chi connectivity index (χ1n) is 10.5. The van der Waals surface area contributed by atoms with Gasteiger partial charge in [-0.2, -0.15) is 13.2 Å². The molecule has 0 aliphatic carbocycles. The SMILES string of the molecule is CCCCCCCCOc1ccc(Nc2nc(-c3ccc(N)nn3)cs2)cc1C(F)(F)F. The van der Waals surface area contributed by atoms with Gasteiger partial charge in [-0.1, -0.05) is 39.0 Å². The van der Waals surface area contributed by atoms with Crippen molar-refractivity contribution >= 4 is 28.0 Å². The normalized spacial score (nSPS) is 11.5. The predicted molar refractivity (Wildman–Crippen MR) is 121 cm³/mol. The van der Waals surface area contributed by atoms with Crippen LogP contribution in [0.15, 0.2) is 35.7 Å². The Bertz CT molecular complexity index is 992. The van der Waals surface area contributed by atoms with Crippen LogP contribution in [0.3, 0.4) is 0 Å². The molecule has 3 aromatic rings. The maximum Gasteiger partial charge on any atom is 0.420 e. The molecular formula is C22H26F3N5OS. The van der Waals surface area contributed by atoms with E-state index in [-0.39, 0.29) is 18.0 Å². The average Bonchev–Trinajstić information content (AvgIpc) is 3.22. The number of aromatic nitrogens is 3. The van der Waals surface area contributed by atoms with Gasteiger partial charge in [-0.05, 0) is 36.8 Å². The number of hydrogen-bond acceptors (Lipinski definition) is 7. The molecule has 0 aliphatic rings. The number of alkyl halides is 3. The summed E-state index contributed by atoms with van der Waals surface area (Å²) in [7, 11) is 0. The summed E-state index contributed by atoms with van der Waals surface area (Å²) in [6.45, 7) is 2.41. The zero-order chi connectivity index (χ0) is 23.0. The zero-order valence-corrected chi connectivity index (χ0v) is 18.6. The van der Waals surface area contributed by atoms with Crippen molar-refractivity contribution in [1.29, 1.82) is 0 Å². The lowest BCUT2D eigenvalue weighted by Gasteiger charge is -2.15. The molecule has 2 heterocycles. The van der Waals surface area contributed by atoms with E-state index in [9.17, 15) is 13.2 Å². The maximum absolute atomic E-state index is 13.6. The van der Waals surface area contributed by atoms with Gasteiger partial charge in [-0.3, -0.25) is 0 Å². The number of rotatable bonds is 11. The third-order valence-electron chi connectivity index (χ3n) is 4.74. The highest BCUT2D eigenvalue weighted by Gasteiger charge is 2.34. The van der Waals surface area contributed by atoms with Crippen molar-refractivity contribution in [3.05, 3.63) is 41.3 Å². The third-order valence-corrected chi connectivity index (χ3v) is 5.50. The quantitative estimate of drug-likeness (QED) is 0.307. The maximum atomic E-state index is 13.6. The molecule has 0 amide bonds. The lowest BCUT2D eigenvalue weighted by molar-refractivity contribution is -0.138. The highest BCUT2D eigenvalue weighted by atomic mass is 32.1. The summed E-state index contributed by atoms with van der Waals surface area (Å²) in [6, 6.07) is 7.23. The molecule has 0 saturated heterocycles. The van der Waals surface area contributed by atoms with Crippen molar-refractivity contribution in [2.75, 3.05) is 17.7 Å². The molecule has 0 atom stereocenters. The Labute approximate surface area is 189 Å². The Balaban J connectivity index is 1.64. The van der Waals surface area contributed by atoms with Crippen molar-refractivity contribution in [3.63, 3.8) is 0 Å². The standard InChI is InChI=1S/C22H26F3N5OS/c1-2-3-4-5-6-7-12-31-19-10-8-15(13-16(19)22(23,24)25)27-21-28-18(14-32-21)17-9-11-20(26)30-29-17/h8-11,13-14H,2-7,12H2,1H3,(H2,26,30)(H,27,28). The first-order chi connectivity index (χ1) is 15.4. The molecular weight excluding hydrogens is 439 g/mol. The Morgan fingerprint density at radius 3 is 2.50 bits per heavy atom. The van der Waals surface area contributed by atoms with Gasteiger partial charge in [0.15, 0.2) is 5.13 Å². The second kappa shape index (κ2) is 11.1. The van der Waals surface area contributed by atoms with Crippen LogP contribution < -0.4 is 15.8 Å². The van der Waals surface area contributed by atoms with Crippen LogP contribution in [0.4, 0.5) is 29.8 Å². The van der Waals surface area contributed by atoms with Crippen molar-refractivity contribution in [2.24, 2.45) is 0 Å². The van der Waals surface area contributed by atoms with E-state index in [1.54, 1.807) is 23.6 Å². The number of unbranched alkanes of at least 4 members (excludes halogenated alkanes) is 5. The molecule has 1 aromatic carbocycles. The molecule has 0 spiro atoms. The number of benzene rings is 1. The van der Waals surface area contributed by atoms with Gasteiger partial charge < -0.3 is 15.8 Å². The van der Waals surface area contributed by atoms with Crippen LogP contribution >= 0.6 is 11.3 Å². The van der Waals surface area contributed by atoms with E-state index in [2.05, 4.69) is 27.4 Å². The first kappa shape index (κ1) is 23.8. The van der Waals surface area contributed by atoms with E-state index < -0.39 is 11.7 Å². The highest BCUT2D eigenvalue weighted by Crippen LogP contribution is 2.39. The minimum absolute atomic E-state index is 0.159. The molecule has 0 aliphatic heterocycles. The van der Waals surface area contributed by atoms with Gasteiger partial charge in [0.1, 0.15) is 23.0 Å². The number of thiazole rings is 1. The summed E-state index contributed by atoms with van der Waals surface area (Å²) >= 11 is 1.25. The van der Waals surface area contributed by atoms with Crippen LogP contribution in [0, 0.1) is 0 Å². The van der Waals surface area contributed by atoms with Crippen molar-refractivity contribution in [1.82, 2.24) is 15.2 Å². The molecule has 0 radical (unpaired) electrons. The zero-order valence-electron chi connectivity index (χ0n) is 17.8. The number of nitrogen functional groups attached to an aromatic ring is 1. The van der Waals surface area contributed by atoms with E-state index in [4.69, 9.17) is 10.5 Å². The number of ether oxygens (including phenoxy) is 1. The van der Waals surface area contributed by atoms with Crippen LogP contribution in [-0.2, 0) is 6.18 Å². The Hall–Kier alpha value is -2.88. The Morgan fingerprint density at radius 2 is 1.78 bits per heavy atom. The van der Waals surface area contributed by atoms with Gasteiger partial charge in [0, 0.05) is 11.1 Å². The number of nitrogens with one attached hydrogen (secondary N) is 1. The van der Waals surface area contributed by atoms with Gasteiger partial charge in [-0.25, -0.2) is 4.98 Å². The van der Waals surface area contributed by atoms with E-state index in [0.29, 0.717) is 22.3 Å². The van der Waals surface area contributed by atoms with Gasteiger partial charge in [0.25, 0.3) is 0 Å². The molecule has 0 unspecified atom stereocenters. The fraction of sp³-hybridized carbons (Fsp3) is 0.409. The summed E-state index contributed by atoms with van der Waals surface area (Å²) in [5.74, 6) is 0.134. The molecule has 172 valence electrons. The Kier molecular flexibility index (Phi) is 8.26. The summed E-state index contributed by atoms with van der Waals surface area (Å²) in [5, 5.41) is 12.8. The van der Waals surface area contributed by atoms with Gasteiger partial charge in [0.2, 0.25) is 0 Å². The lowest BCUT2D eigenvalue weighted by atomic mass is 10.1. The molecule has 0 saturated carbocycles. The van der Waals surface area contributed by atoms with Gasteiger partial charge >= 0.3 is 6.18 Å². The average molecular weight is 466 g/mol. The van der Waals surface area contributed by atoms with Crippen LogP contribution in [0.1, 0.15) is 51.0 Å². The van der Waals surface area contributed by atoms with Gasteiger partial charge in [-0.15, -0.1) is 21.5 Å². The monoisotopic (exact) mass is 465 g/mol. The fourth-order valence-corrected chi connectivity index (χ4v) is 3.80. The third kappa shape index (κ3) is 6.81. The molecule has 32 heavy (non-hydrogen) atoms. The topological polar surface area (TPSA) is 86.0 Å². The summed E-state index contributed by atoms with van der Waals surface area (Å²) < 4.78 is 46.2.